The average molecular weight is 498 g/mol. The van der Waals surface area contributed by atoms with Crippen LogP contribution in [0.3, 0.4) is 0 Å². The van der Waals surface area contributed by atoms with Gasteiger partial charge in [-0.3, -0.25) is 19.2 Å². The summed E-state index contributed by atoms with van der Waals surface area (Å²) in [5.74, 6) is -4.00. The molecule has 1 aromatic heterocycles. The summed E-state index contributed by atoms with van der Waals surface area (Å²) in [6.45, 7) is 2.33. The van der Waals surface area contributed by atoms with E-state index in [1.807, 2.05) is 0 Å². The van der Waals surface area contributed by atoms with Gasteiger partial charge in [-0.05, 0) is 49.4 Å². The number of rotatable bonds is 7. The number of hydrogen-bond donors (Lipinski definition) is 1. The Balaban J connectivity index is 1.89. The van der Waals surface area contributed by atoms with Crippen molar-refractivity contribution in [2.75, 3.05) is 0 Å². The van der Waals surface area contributed by atoms with Crippen molar-refractivity contribution in [2.45, 2.75) is 39.5 Å². The molecule has 1 fully saturated rings. The molecule has 0 spiro atoms. The third kappa shape index (κ3) is 5.22. The second-order valence-electron chi connectivity index (χ2n) is 8.57. The molecule has 2 aromatic carbocycles. The van der Waals surface area contributed by atoms with Crippen LogP contribution in [0.1, 0.15) is 38.7 Å². The summed E-state index contributed by atoms with van der Waals surface area (Å²) in [5, 5.41) is 9.48. The van der Waals surface area contributed by atoms with Gasteiger partial charge in [-0.1, -0.05) is 6.42 Å². The Morgan fingerprint density at radius 2 is 1.69 bits per heavy atom. The molecule has 0 saturated heterocycles. The maximum Gasteiger partial charge on any atom is 0.308 e. The number of esters is 2. The minimum atomic E-state index is -0.927. The summed E-state index contributed by atoms with van der Waals surface area (Å²) in [5.41, 5.74) is -0.397. The van der Waals surface area contributed by atoms with Crippen molar-refractivity contribution in [3.63, 3.8) is 0 Å². The molecule has 1 aliphatic rings. The van der Waals surface area contributed by atoms with Crippen molar-refractivity contribution >= 4 is 28.9 Å². The van der Waals surface area contributed by atoms with Gasteiger partial charge in [0.2, 0.25) is 11.2 Å². The predicted octanol–water partition coefficient (Wildman–Crippen LogP) is 4.62. The summed E-state index contributed by atoms with van der Waals surface area (Å²) in [6, 6.07) is 6.21. The van der Waals surface area contributed by atoms with Gasteiger partial charge in [-0.2, -0.15) is 0 Å². The summed E-state index contributed by atoms with van der Waals surface area (Å²) in [7, 11) is 0. The predicted molar refractivity (Wildman–Crippen MR) is 124 cm³/mol. The van der Waals surface area contributed by atoms with E-state index in [1.54, 1.807) is 0 Å². The first-order valence-corrected chi connectivity index (χ1v) is 11.3. The highest BCUT2D eigenvalue weighted by molar-refractivity contribution is 5.92. The van der Waals surface area contributed by atoms with E-state index in [9.17, 15) is 28.7 Å². The highest BCUT2D eigenvalue weighted by atomic mass is 19.1. The monoisotopic (exact) mass is 498 g/mol. The summed E-state index contributed by atoms with van der Waals surface area (Å²) in [6.07, 6.45) is 3.05. The van der Waals surface area contributed by atoms with Gasteiger partial charge in [-0.25, -0.2) is 4.39 Å². The normalized spacial score (nSPS) is 17.1. The van der Waals surface area contributed by atoms with Gasteiger partial charge < -0.3 is 23.7 Å². The van der Waals surface area contributed by atoms with E-state index >= 15 is 0 Å². The van der Waals surface area contributed by atoms with E-state index in [1.165, 1.54) is 25.1 Å². The van der Waals surface area contributed by atoms with Crippen LogP contribution in [-0.2, 0) is 20.8 Å². The summed E-state index contributed by atoms with van der Waals surface area (Å²) in [4.78, 5) is 48.8. The first kappa shape index (κ1) is 24.9. The Kier molecular flexibility index (Phi) is 7.05. The molecule has 1 saturated carbocycles. The highest BCUT2D eigenvalue weighted by Gasteiger charge is 2.35. The van der Waals surface area contributed by atoms with Crippen LogP contribution in [0.4, 0.5) is 4.39 Å². The summed E-state index contributed by atoms with van der Waals surface area (Å²) >= 11 is 0. The molecule has 2 unspecified atom stereocenters. The molecule has 0 amide bonds. The molecule has 1 heterocycles. The molecule has 0 radical (unpaired) electrons. The number of ether oxygens (including phenoxy) is 3. The lowest BCUT2D eigenvalue weighted by Crippen LogP contribution is -2.21. The molecule has 0 bridgehead atoms. The van der Waals surface area contributed by atoms with Crippen LogP contribution >= 0.6 is 0 Å². The molecule has 9 nitrogen and oxygen atoms in total. The maximum atomic E-state index is 13.4. The van der Waals surface area contributed by atoms with E-state index in [-0.39, 0.29) is 46.3 Å². The molecule has 3 aromatic rings. The van der Waals surface area contributed by atoms with E-state index in [0.29, 0.717) is 24.8 Å². The van der Waals surface area contributed by atoms with Crippen molar-refractivity contribution in [2.24, 2.45) is 11.8 Å². The van der Waals surface area contributed by atoms with Crippen molar-refractivity contribution in [3.8, 4) is 23.0 Å². The van der Waals surface area contributed by atoms with Gasteiger partial charge in [0, 0.05) is 25.5 Å². The molecule has 4 rings (SSSR count). The Hall–Kier alpha value is -4.21. The molecule has 2 atom stereocenters. The zero-order valence-corrected chi connectivity index (χ0v) is 19.5. The van der Waals surface area contributed by atoms with Gasteiger partial charge in [0.15, 0.2) is 0 Å². The van der Waals surface area contributed by atoms with Gasteiger partial charge in [-0.15, -0.1) is 0 Å². The first-order chi connectivity index (χ1) is 17.1. The fourth-order valence-electron chi connectivity index (χ4n) is 4.53. The molecule has 10 heteroatoms. The van der Waals surface area contributed by atoms with Crippen LogP contribution in [0.25, 0.3) is 11.0 Å². The fraction of sp³-hybridized carbons (Fsp3) is 0.308. The summed E-state index contributed by atoms with van der Waals surface area (Å²) < 4.78 is 35.2. The quantitative estimate of drug-likeness (QED) is 0.366. The van der Waals surface area contributed by atoms with Gasteiger partial charge in [0.25, 0.3) is 0 Å². The van der Waals surface area contributed by atoms with E-state index in [0.717, 1.165) is 25.3 Å². The molecular formula is C26H23FO9. The van der Waals surface area contributed by atoms with Crippen LogP contribution in [0.2, 0.25) is 0 Å². The SMILES string of the molecule is CC(=O)Oc1cc(OC(C)=O)c2c(=O)c(Oc3ccc(F)cc3)coc2c1CC1CCCC1C(=O)O. The molecule has 0 aliphatic heterocycles. The Morgan fingerprint density at radius 1 is 1.03 bits per heavy atom. The van der Waals surface area contributed by atoms with Crippen molar-refractivity contribution in [1.29, 1.82) is 0 Å². The number of carboxylic acids is 1. The van der Waals surface area contributed by atoms with Crippen LogP contribution in [0.5, 0.6) is 23.0 Å². The molecule has 1 N–H and O–H groups in total. The number of aliphatic carboxylic acids is 1. The second kappa shape index (κ2) is 10.2. The van der Waals surface area contributed by atoms with E-state index in [2.05, 4.69) is 0 Å². The van der Waals surface area contributed by atoms with Crippen LogP contribution in [0, 0.1) is 17.7 Å². The standard InChI is InChI=1S/C26H23FO9/c1-13(28)34-20-11-21(35-14(2)29)23-24(30)22(36-17-8-6-16(27)7-9-17)12-33-25(23)19(20)10-15-4-3-5-18(15)26(31)32/h6-9,11-12,15,18H,3-5,10H2,1-2H3,(H,31,32). The van der Waals surface area contributed by atoms with Crippen molar-refractivity contribution in [1.82, 2.24) is 0 Å². The number of fused-ring (bicyclic) bond motifs is 1. The van der Waals surface area contributed by atoms with Gasteiger partial charge >= 0.3 is 17.9 Å². The zero-order valence-electron chi connectivity index (χ0n) is 19.5. The molecule has 1 aliphatic carbocycles. The van der Waals surface area contributed by atoms with Gasteiger partial charge in [0.1, 0.15) is 40.3 Å². The second-order valence-corrected chi connectivity index (χ2v) is 8.57. The Labute approximate surface area is 204 Å². The maximum absolute atomic E-state index is 13.4. The smallest absolute Gasteiger partial charge is 0.308 e. The lowest BCUT2D eigenvalue weighted by atomic mass is 9.88. The lowest BCUT2D eigenvalue weighted by molar-refractivity contribution is -0.143. The van der Waals surface area contributed by atoms with Crippen molar-refractivity contribution < 1.29 is 42.5 Å². The number of carboxylic acid groups (broad SMARTS) is 1. The van der Waals surface area contributed by atoms with Crippen LogP contribution < -0.4 is 19.6 Å². The van der Waals surface area contributed by atoms with Crippen LogP contribution in [-0.4, -0.2) is 23.0 Å². The average Bonchev–Trinajstić information content (AvgIpc) is 3.27. The lowest BCUT2D eigenvalue weighted by Gasteiger charge is -2.20. The minimum Gasteiger partial charge on any atom is -0.481 e. The van der Waals surface area contributed by atoms with E-state index < -0.39 is 35.1 Å². The van der Waals surface area contributed by atoms with Crippen LogP contribution in [0.15, 0.2) is 45.8 Å². The number of benzene rings is 2. The van der Waals surface area contributed by atoms with Crippen molar-refractivity contribution in [3.05, 3.63) is 58.2 Å². The minimum absolute atomic E-state index is 0.00218. The third-order valence-corrected chi connectivity index (χ3v) is 6.03. The number of carbonyl (C=O) groups is 3. The largest absolute Gasteiger partial charge is 0.481 e. The van der Waals surface area contributed by atoms with E-state index in [4.69, 9.17) is 18.6 Å². The highest BCUT2D eigenvalue weighted by Crippen LogP contribution is 2.41. The molecular weight excluding hydrogens is 475 g/mol. The number of halogens is 1. The molecule has 36 heavy (non-hydrogen) atoms. The van der Waals surface area contributed by atoms with Gasteiger partial charge in [0.05, 0.1) is 5.92 Å². The topological polar surface area (TPSA) is 129 Å². The number of hydrogen-bond acceptors (Lipinski definition) is 8. The third-order valence-electron chi connectivity index (χ3n) is 6.03. The Morgan fingerprint density at radius 3 is 2.33 bits per heavy atom. The Bertz CT molecular complexity index is 1390. The molecule has 188 valence electrons. The number of carbonyl (C=O) groups excluding carboxylic acids is 2. The first-order valence-electron chi connectivity index (χ1n) is 11.3. The fourth-order valence-corrected chi connectivity index (χ4v) is 4.53. The zero-order chi connectivity index (χ0) is 26.0.